The van der Waals surface area contributed by atoms with Gasteiger partial charge in [0.15, 0.2) is 0 Å². The van der Waals surface area contributed by atoms with Crippen LogP contribution in [0.2, 0.25) is 0 Å². The first-order chi connectivity index (χ1) is 8.12. The van der Waals surface area contributed by atoms with E-state index in [1.54, 1.807) is 7.11 Å². The molecule has 0 aliphatic heterocycles. The average Bonchev–Trinajstić information content (AvgIpc) is 2.31. The van der Waals surface area contributed by atoms with E-state index in [-0.39, 0.29) is 11.8 Å². The van der Waals surface area contributed by atoms with E-state index in [9.17, 15) is 4.79 Å². The third-order valence-corrected chi connectivity index (χ3v) is 3.27. The first-order valence-corrected chi connectivity index (χ1v) is 6.56. The van der Waals surface area contributed by atoms with Crippen molar-refractivity contribution in [2.75, 3.05) is 12.4 Å². The Morgan fingerprint density at radius 1 is 1.41 bits per heavy atom. The normalized spacial score (nSPS) is 10.4. The summed E-state index contributed by atoms with van der Waals surface area (Å²) in [6, 6.07) is 5.55. The number of carbonyl (C=O) groups excluding carboxylic acids is 1. The van der Waals surface area contributed by atoms with Crippen molar-refractivity contribution in [3.05, 3.63) is 22.7 Å². The van der Waals surface area contributed by atoms with Crippen LogP contribution >= 0.6 is 15.9 Å². The molecular formula is C13H18BrNO2. The lowest BCUT2D eigenvalue weighted by atomic mass is 10.0. The summed E-state index contributed by atoms with van der Waals surface area (Å²) in [5, 5.41) is 2.91. The van der Waals surface area contributed by atoms with E-state index in [0.717, 1.165) is 17.3 Å². The molecule has 0 radical (unpaired) electrons. The Labute approximate surface area is 111 Å². The van der Waals surface area contributed by atoms with Crippen LogP contribution < -0.4 is 10.1 Å². The van der Waals surface area contributed by atoms with Crippen molar-refractivity contribution in [2.45, 2.75) is 26.7 Å². The molecule has 1 aromatic rings. The SMILES string of the molecule is CCC(CC)C(=O)Nc1cc(Br)ccc1OC. The van der Waals surface area contributed by atoms with Gasteiger partial charge in [-0.1, -0.05) is 29.8 Å². The van der Waals surface area contributed by atoms with Gasteiger partial charge in [-0.15, -0.1) is 0 Å². The number of halogens is 1. The summed E-state index contributed by atoms with van der Waals surface area (Å²) in [6.45, 7) is 4.04. The summed E-state index contributed by atoms with van der Waals surface area (Å²) < 4.78 is 6.13. The minimum absolute atomic E-state index is 0.0476. The van der Waals surface area contributed by atoms with Gasteiger partial charge >= 0.3 is 0 Å². The number of rotatable bonds is 5. The van der Waals surface area contributed by atoms with Crippen LogP contribution in [0.1, 0.15) is 26.7 Å². The number of methoxy groups -OCH3 is 1. The molecule has 0 saturated carbocycles. The van der Waals surface area contributed by atoms with Crippen LogP contribution in [0, 0.1) is 5.92 Å². The summed E-state index contributed by atoms with van der Waals surface area (Å²) in [5.41, 5.74) is 0.707. The average molecular weight is 300 g/mol. The van der Waals surface area contributed by atoms with Crippen molar-refractivity contribution < 1.29 is 9.53 Å². The van der Waals surface area contributed by atoms with Gasteiger partial charge in [0.25, 0.3) is 0 Å². The summed E-state index contributed by atoms with van der Waals surface area (Å²) in [7, 11) is 1.59. The Bertz CT molecular complexity index is 389. The number of anilines is 1. The van der Waals surface area contributed by atoms with Crippen LogP contribution in [-0.2, 0) is 4.79 Å². The zero-order valence-electron chi connectivity index (χ0n) is 10.4. The third-order valence-electron chi connectivity index (χ3n) is 2.78. The number of hydrogen-bond donors (Lipinski definition) is 1. The van der Waals surface area contributed by atoms with Gasteiger partial charge in [0, 0.05) is 10.4 Å². The highest BCUT2D eigenvalue weighted by Gasteiger charge is 2.15. The van der Waals surface area contributed by atoms with E-state index in [2.05, 4.69) is 21.2 Å². The second-order valence-corrected chi connectivity index (χ2v) is 4.76. The maximum atomic E-state index is 12.0. The predicted molar refractivity (Wildman–Crippen MR) is 73.4 cm³/mol. The van der Waals surface area contributed by atoms with Crippen LogP contribution in [0.4, 0.5) is 5.69 Å². The number of ether oxygens (including phenoxy) is 1. The first-order valence-electron chi connectivity index (χ1n) is 5.76. The lowest BCUT2D eigenvalue weighted by molar-refractivity contribution is -0.120. The van der Waals surface area contributed by atoms with Gasteiger partial charge < -0.3 is 10.1 Å². The van der Waals surface area contributed by atoms with Crippen LogP contribution in [0.25, 0.3) is 0 Å². The molecule has 0 saturated heterocycles. The fourth-order valence-corrected chi connectivity index (χ4v) is 2.03. The Kier molecular flexibility index (Phi) is 5.48. The van der Waals surface area contributed by atoms with Gasteiger partial charge in [0.1, 0.15) is 5.75 Å². The van der Waals surface area contributed by atoms with Gasteiger partial charge in [-0.25, -0.2) is 0 Å². The van der Waals surface area contributed by atoms with E-state index in [1.807, 2.05) is 32.0 Å². The lowest BCUT2D eigenvalue weighted by Crippen LogP contribution is -2.21. The second-order valence-electron chi connectivity index (χ2n) is 3.85. The predicted octanol–water partition coefficient (Wildman–Crippen LogP) is 3.83. The molecule has 1 amide bonds. The molecule has 3 nitrogen and oxygen atoms in total. The summed E-state index contributed by atoms with van der Waals surface area (Å²) in [5.74, 6) is 0.776. The molecule has 0 aromatic heterocycles. The minimum atomic E-state index is 0.0476. The van der Waals surface area contributed by atoms with Crippen molar-refractivity contribution in [1.29, 1.82) is 0 Å². The highest BCUT2D eigenvalue weighted by molar-refractivity contribution is 9.10. The molecule has 0 aliphatic carbocycles. The molecule has 1 rings (SSSR count). The molecule has 1 aromatic carbocycles. The molecule has 0 spiro atoms. The molecule has 94 valence electrons. The van der Waals surface area contributed by atoms with E-state index in [0.29, 0.717) is 11.4 Å². The zero-order chi connectivity index (χ0) is 12.8. The molecule has 0 fully saturated rings. The molecule has 0 atom stereocenters. The van der Waals surface area contributed by atoms with E-state index >= 15 is 0 Å². The van der Waals surface area contributed by atoms with E-state index in [1.165, 1.54) is 0 Å². The quantitative estimate of drug-likeness (QED) is 0.897. The fourth-order valence-electron chi connectivity index (χ4n) is 1.67. The number of benzene rings is 1. The van der Waals surface area contributed by atoms with Crippen molar-refractivity contribution in [1.82, 2.24) is 0 Å². The summed E-state index contributed by atoms with van der Waals surface area (Å²) in [6.07, 6.45) is 1.69. The van der Waals surface area contributed by atoms with E-state index in [4.69, 9.17) is 4.74 Å². The topological polar surface area (TPSA) is 38.3 Å². The molecule has 0 bridgehead atoms. The van der Waals surface area contributed by atoms with Crippen LogP contribution in [0.15, 0.2) is 22.7 Å². The fraction of sp³-hybridized carbons (Fsp3) is 0.462. The van der Waals surface area contributed by atoms with Gasteiger partial charge in [0.2, 0.25) is 5.91 Å². The van der Waals surface area contributed by atoms with E-state index < -0.39 is 0 Å². The van der Waals surface area contributed by atoms with Crippen molar-refractivity contribution in [2.24, 2.45) is 5.92 Å². The van der Waals surface area contributed by atoms with Crippen LogP contribution in [0.5, 0.6) is 5.75 Å². The van der Waals surface area contributed by atoms with Crippen LogP contribution in [-0.4, -0.2) is 13.0 Å². The highest BCUT2D eigenvalue weighted by Crippen LogP contribution is 2.28. The Hall–Kier alpha value is -1.03. The molecule has 0 heterocycles. The number of amides is 1. The van der Waals surface area contributed by atoms with Gasteiger partial charge in [-0.05, 0) is 31.0 Å². The van der Waals surface area contributed by atoms with Crippen molar-refractivity contribution >= 4 is 27.5 Å². The monoisotopic (exact) mass is 299 g/mol. The standard InChI is InChI=1S/C13H18BrNO2/c1-4-9(5-2)13(16)15-11-8-10(14)6-7-12(11)17-3/h6-9H,4-5H2,1-3H3,(H,15,16). The summed E-state index contributed by atoms with van der Waals surface area (Å²) >= 11 is 3.38. The van der Waals surface area contributed by atoms with Gasteiger partial charge in [-0.3, -0.25) is 4.79 Å². The Morgan fingerprint density at radius 3 is 2.59 bits per heavy atom. The maximum Gasteiger partial charge on any atom is 0.227 e. The summed E-state index contributed by atoms with van der Waals surface area (Å²) in [4.78, 5) is 12.0. The van der Waals surface area contributed by atoms with Gasteiger partial charge in [-0.2, -0.15) is 0 Å². The molecule has 4 heteroatoms. The second kappa shape index (κ2) is 6.64. The first kappa shape index (κ1) is 14.0. The van der Waals surface area contributed by atoms with Crippen molar-refractivity contribution in [3.63, 3.8) is 0 Å². The molecule has 17 heavy (non-hydrogen) atoms. The largest absolute Gasteiger partial charge is 0.495 e. The number of nitrogens with one attached hydrogen (secondary N) is 1. The third kappa shape index (κ3) is 3.73. The highest BCUT2D eigenvalue weighted by atomic mass is 79.9. The Balaban J connectivity index is 2.86. The lowest BCUT2D eigenvalue weighted by Gasteiger charge is -2.15. The van der Waals surface area contributed by atoms with Crippen molar-refractivity contribution in [3.8, 4) is 5.75 Å². The minimum Gasteiger partial charge on any atom is -0.495 e. The number of carbonyl (C=O) groups is 1. The van der Waals surface area contributed by atoms with Crippen LogP contribution in [0.3, 0.4) is 0 Å². The smallest absolute Gasteiger partial charge is 0.227 e. The molecular weight excluding hydrogens is 282 g/mol. The Morgan fingerprint density at radius 2 is 2.06 bits per heavy atom. The van der Waals surface area contributed by atoms with Gasteiger partial charge in [0.05, 0.1) is 12.8 Å². The molecule has 0 aliphatic rings. The number of hydrogen-bond acceptors (Lipinski definition) is 2. The zero-order valence-corrected chi connectivity index (χ0v) is 12.0. The maximum absolute atomic E-state index is 12.0. The molecule has 0 unspecified atom stereocenters. The molecule has 1 N–H and O–H groups in total.